The lowest BCUT2D eigenvalue weighted by Gasteiger charge is -2.34. The molecule has 1 aliphatic carbocycles. The number of hydrogen-bond donors (Lipinski definition) is 0. The highest BCUT2D eigenvalue weighted by atomic mass is 16.2. The number of aromatic nitrogens is 3. The predicted molar refractivity (Wildman–Crippen MR) is 99.1 cm³/mol. The van der Waals surface area contributed by atoms with Crippen molar-refractivity contribution in [2.75, 3.05) is 13.1 Å². The van der Waals surface area contributed by atoms with Crippen LogP contribution in [0.1, 0.15) is 76.8 Å². The minimum Gasteiger partial charge on any atom is -0.342 e. The minimum atomic E-state index is 0.285. The van der Waals surface area contributed by atoms with Gasteiger partial charge in [-0.1, -0.05) is 44.2 Å². The van der Waals surface area contributed by atoms with Crippen molar-refractivity contribution in [3.63, 3.8) is 0 Å². The molecule has 1 unspecified atom stereocenters. The van der Waals surface area contributed by atoms with E-state index >= 15 is 0 Å². The van der Waals surface area contributed by atoms with Crippen LogP contribution in [0.5, 0.6) is 0 Å². The topological polar surface area (TPSA) is 51.0 Å². The Kier molecular flexibility index (Phi) is 6.88. The van der Waals surface area contributed by atoms with E-state index in [1.807, 2.05) is 4.68 Å². The molecule has 1 amide bonds. The molecule has 1 aromatic heterocycles. The Labute approximate surface area is 152 Å². The van der Waals surface area contributed by atoms with Crippen LogP contribution in [0.25, 0.3) is 0 Å². The number of carbonyl (C=O) groups excluding carboxylic acids is 1. The Morgan fingerprint density at radius 3 is 2.72 bits per heavy atom. The molecule has 140 valence electrons. The fraction of sp³-hybridized carbons (Fsp3) is 0.850. The third-order valence-corrected chi connectivity index (χ3v) is 5.85. The first kappa shape index (κ1) is 18.4. The second-order valence-electron chi connectivity index (χ2n) is 8.02. The number of likely N-dealkylation sites (tertiary alicyclic amines) is 1. The number of piperidine rings is 1. The van der Waals surface area contributed by atoms with Gasteiger partial charge in [0, 0.05) is 31.7 Å². The lowest BCUT2D eigenvalue weighted by molar-refractivity contribution is -0.138. The van der Waals surface area contributed by atoms with Crippen LogP contribution in [-0.2, 0) is 17.8 Å². The van der Waals surface area contributed by atoms with Crippen molar-refractivity contribution < 1.29 is 4.79 Å². The van der Waals surface area contributed by atoms with Crippen LogP contribution in [0.15, 0.2) is 6.20 Å². The molecular formula is C20H34N4O. The van der Waals surface area contributed by atoms with Crippen LogP contribution in [0.3, 0.4) is 0 Å². The molecule has 1 atom stereocenters. The van der Waals surface area contributed by atoms with Crippen LogP contribution in [-0.4, -0.2) is 38.9 Å². The molecule has 3 rings (SSSR count). The zero-order valence-corrected chi connectivity index (χ0v) is 15.8. The molecule has 5 heteroatoms. The summed E-state index contributed by atoms with van der Waals surface area (Å²) in [6, 6.07) is 0. The Hall–Kier alpha value is -1.39. The molecule has 2 heterocycles. The number of hydrogen-bond acceptors (Lipinski definition) is 3. The highest BCUT2D eigenvalue weighted by molar-refractivity contribution is 5.79. The molecule has 1 saturated carbocycles. The molecule has 2 fully saturated rings. The summed E-state index contributed by atoms with van der Waals surface area (Å²) in [5.74, 6) is 1.23. The van der Waals surface area contributed by atoms with Crippen LogP contribution < -0.4 is 0 Å². The molecule has 0 aromatic carbocycles. The fourth-order valence-electron chi connectivity index (χ4n) is 4.36. The van der Waals surface area contributed by atoms with Gasteiger partial charge < -0.3 is 4.90 Å². The first-order valence-electron chi connectivity index (χ1n) is 10.4. The van der Waals surface area contributed by atoms with Crippen LogP contribution in [0.2, 0.25) is 0 Å². The predicted octanol–water partition coefficient (Wildman–Crippen LogP) is 3.83. The average molecular weight is 347 g/mol. The Balaban J connectivity index is 1.51. The summed E-state index contributed by atoms with van der Waals surface area (Å²) in [4.78, 5) is 15.1. The summed E-state index contributed by atoms with van der Waals surface area (Å²) in [6.45, 7) is 4.95. The van der Waals surface area contributed by atoms with Gasteiger partial charge in [-0.25, -0.2) is 0 Å². The van der Waals surface area contributed by atoms with Gasteiger partial charge in [-0.2, -0.15) is 0 Å². The molecule has 0 radical (unpaired) electrons. The van der Waals surface area contributed by atoms with E-state index in [9.17, 15) is 4.79 Å². The van der Waals surface area contributed by atoms with Crippen molar-refractivity contribution in [3.8, 4) is 0 Å². The highest BCUT2D eigenvalue weighted by Gasteiger charge is 2.29. The highest BCUT2D eigenvalue weighted by Crippen LogP contribution is 2.27. The van der Waals surface area contributed by atoms with Gasteiger partial charge in [0.25, 0.3) is 0 Å². The van der Waals surface area contributed by atoms with Gasteiger partial charge in [-0.3, -0.25) is 9.48 Å². The monoisotopic (exact) mass is 346 g/mol. The second-order valence-corrected chi connectivity index (χ2v) is 8.02. The smallest absolute Gasteiger partial charge is 0.225 e. The molecule has 1 aliphatic heterocycles. The van der Waals surface area contributed by atoms with Crippen LogP contribution in [0, 0.1) is 11.8 Å². The summed E-state index contributed by atoms with van der Waals surface area (Å²) in [5, 5.41) is 8.59. The molecule has 0 spiro atoms. The van der Waals surface area contributed by atoms with E-state index in [0.717, 1.165) is 51.0 Å². The number of amides is 1. The van der Waals surface area contributed by atoms with Gasteiger partial charge in [0.2, 0.25) is 5.91 Å². The van der Waals surface area contributed by atoms with Crippen molar-refractivity contribution in [1.82, 2.24) is 19.9 Å². The normalized spacial score (nSPS) is 22.8. The molecule has 1 aromatic rings. The van der Waals surface area contributed by atoms with E-state index < -0.39 is 0 Å². The van der Waals surface area contributed by atoms with E-state index in [1.54, 1.807) is 0 Å². The number of carbonyl (C=O) groups is 1. The summed E-state index contributed by atoms with van der Waals surface area (Å²) in [5.41, 5.74) is 1.10. The molecule has 5 nitrogen and oxygen atoms in total. The maximum Gasteiger partial charge on any atom is 0.225 e. The molecule has 0 N–H and O–H groups in total. The molecular weight excluding hydrogens is 312 g/mol. The Morgan fingerprint density at radius 1 is 1.16 bits per heavy atom. The van der Waals surface area contributed by atoms with E-state index in [4.69, 9.17) is 0 Å². The van der Waals surface area contributed by atoms with E-state index in [0.29, 0.717) is 11.8 Å². The third-order valence-electron chi connectivity index (χ3n) is 5.85. The van der Waals surface area contributed by atoms with Gasteiger partial charge in [0.1, 0.15) is 0 Å². The largest absolute Gasteiger partial charge is 0.342 e. The Morgan fingerprint density at radius 2 is 1.96 bits per heavy atom. The van der Waals surface area contributed by atoms with Gasteiger partial charge in [0.05, 0.1) is 5.69 Å². The lowest BCUT2D eigenvalue weighted by Crippen LogP contribution is -2.44. The van der Waals surface area contributed by atoms with Crippen LogP contribution in [0.4, 0.5) is 0 Å². The fourth-order valence-corrected chi connectivity index (χ4v) is 4.36. The van der Waals surface area contributed by atoms with Crippen molar-refractivity contribution in [2.24, 2.45) is 11.8 Å². The SMILES string of the molecule is CCCCc1cn(CC2CCCN(C(=O)C3CCCCCC3)C2)nn1. The van der Waals surface area contributed by atoms with Crippen LogP contribution >= 0.6 is 0 Å². The van der Waals surface area contributed by atoms with Crippen molar-refractivity contribution >= 4 is 5.91 Å². The van der Waals surface area contributed by atoms with E-state index in [1.165, 1.54) is 44.9 Å². The van der Waals surface area contributed by atoms with Gasteiger partial charge >= 0.3 is 0 Å². The molecule has 0 bridgehead atoms. The molecule has 2 aliphatic rings. The first-order valence-corrected chi connectivity index (χ1v) is 10.4. The number of unbranched alkanes of at least 4 members (excludes halogenated alkanes) is 1. The third kappa shape index (κ3) is 5.29. The van der Waals surface area contributed by atoms with Crippen molar-refractivity contribution in [3.05, 3.63) is 11.9 Å². The standard InChI is InChI=1S/C20H34N4O/c1-2-3-12-19-16-24(22-21-19)15-17-9-8-13-23(14-17)20(25)18-10-6-4-5-7-11-18/h16-18H,2-15H2,1H3. The maximum absolute atomic E-state index is 12.9. The Bertz CT molecular complexity index is 534. The summed E-state index contributed by atoms with van der Waals surface area (Å²) >= 11 is 0. The number of rotatable bonds is 6. The summed E-state index contributed by atoms with van der Waals surface area (Å²) < 4.78 is 2.00. The summed E-state index contributed by atoms with van der Waals surface area (Å²) in [6.07, 6.45) is 15.1. The second kappa shape index (κ2) is 9.35. The minimum absolute atomic E-state index is 0.285. The van der Waals surface area contributed by atoms with Crippen molar-refractivity contribution in [2.45, 2.75) is 84.1 Å². The van der Waals surface area contributed by atoms with E-state index in [-0.39, 0.29) is 5.92 Å². The molecule has 1 saturated heterocycles. The van der Waals surface area contributed by atoms with E-state index in [2.05, 4.69) is 28.3 Å². The quantitative estimate of drug-likeness (QED) is 0.736. The number of nitrogens with zero attached hydrogens (tertiary/aromatic N) is 4. The van der Waals surface area contributed by atoms with Crippen molar-refractivity contribution in [1.29, 1.82) is 0 Å². The number of aryl methyl sites for hydroxylation is 1. The van der Waals surface area contributed by atoms with Gasteiger partial charge in [0.15, 0.2) is 0 Å². The molecule has 25 heavy (non-hydrogen) atoms. The zero-order valence-electron chi connectivity index (χ0n) is 15.8. The van der Waals surface area contributed by atoms with Gasteiger partial charge in [-0.05, 0) is 44.4 Å². The summed E-state index contributed by atoms with van der Waals surface area (Å²) in [7, 11) is 0. The maximum atomic E-state index is 12.9. The average Bonchev–Trinajstić information content (AvgIpc) is 2.90. The van der Waals surface area contributed by atoms with Gasteiger partial charge in [-0.15, -0.1) is 5.10 Å². The lowest BCUT2D eigenvalue weighted by atomic mass is 9.94. The first-order chi connectivity index (χ1) is 12.3. The zero-order chi connectivity index (χ0) is 17.5.